The first-order valence-corrected chi connectivity index (χ1v) is 9.25. The van der Waals surface area contributed by atoms with E-state index in [2.05, 4.69) is 5.32 Å². The lowest BCUT2D eigenvalue weighted by Gasteiger charge is -2.26. The molecule has 148 valence electrons. The van der Waals surface area contributed by atoms with E-state index in [1.54, 1.807) is 45.9 Å². The summed E-state index contributed by atoms with van der Waals surface area (Å²) in [6.07, 6.45) is -0.539. The molecule has 1 N–H and O–H groups in total. The topological polar surface area (TPSA) is 84.9 Å². The molecule has 1 aliphatic rings. The van der Waals surface area contributed by atoms with Crippen LogP contribution >= 0.6 is 11.6 Å². The number of amides is 2. The van der Waals surface area contributed by atoms with E-state index in [0.717, 1.165) is 0 Å². The summed E-state index contributed by atoms with van der Waals surface area (Å²) in [4.78, 5) is 38.6. The highest BCUT2D eigenvalue weighted by molar-refractivity contribution is 6.22. The van der Waals surface area contributed by atoms with Crippen LogP contribution in [-0.2, 0) is 19.1 Å². The fourth-order valence-electron chi connectivity index (χ4n) is 2.81. The predicted octanol–water partition coefficient (Wildman–Crippen LogP) is 3.16. The lowest BCUT2D eigenvalue weighted by molar-refractivity contribution is -0.142. The molecule has 2 rings (SSSR count). The monoisotopic (exact) mass is 396 g/mol. The number of benzene rings is 1. The lowest BCUT2D eigenvalue weighted by atomic mass is 10.1. The van der Waals surface area contributed by atoms with Crippen molar-refractivity contribution in [1.82, 2.24) is 5.32 Å². The highest BCUT2D eigenvalue weighted by Gasteiger charge is 2.37. The lowest BCUT2D eigenvalue weighted by Crippen LogP contribution is -2.50. The second kappa shape index (κ2) is 8.61. The van der Waals surface area contributed by atoms with Crippen molar-refractivity contribution in [3.05, 3.63) is 29.8 Å². The zero-order valence-corrected chi connectivity index (χ0v) is 16.7. The molecule has 27 heavy (non-hydrogen) atoms. The third-order valence-corrected chi connectivity index (χ3v) is 4.27. The van der Waals surface area contributed by atoms with Crippen LogP contribution in [0.4, 0.5) is 10.5 Å². The molecule has 0 radical (unpaired) electrons. The number of halogens is 1. The van der Waals surface area contributed by atoms with Crippen LogP contribution in [0, 0.1) is 0 Å². The largest absolute Gasteiger partial charge is 0.465 e. The second-order valence-electron chi connectivity index (χ2n) is 7.19. The molecule has 2 unspecified atom stereocenters. The number of hydrogen-bond acceptors (Lipinski definition) is 5. The molecule has 0 saturated carbocycles. The summed E-state index contributed by atoms with van der Waals surface area (Å²) in [6, 6.07) is 6.16. The minimum Gasteiger partial charge on any atom is -0.465 e. The Morgan fingerprint density at radius 1 is 1.30 bits per heavy atom. The standard InChI is InChI=1S/C19H25ClN2O5/c1-5-26-16(23)11-22-15-9-7-6-8-12(15)13(20)10-14(17(22)24)21-18(25)27-19(2,3)4/h6-9,13-14H,5,10-11H2,1-4H3,(H,21,25). The number of para-hydroxylation sites is 1. The number of carbonyl (C=O) groups is 3. The Hall–Kier alpha value is -2.28. The maximum Gasteiger partial charge on any atom is 0.408 e. The van der Waals surface area contributed by atoms with Gasteiger partial charge in [-0.05, 0) is 45.7 Å². The number of nitrogens with one attached hydrogen (secondary N) is 1. The van der Waals surface area contributed by atoms with Gasteiger partial charge in [0, 0.05) is 5.69 Å². The second-order valence-corrected chi connectivity index (χ2v) is 7.72. The van der Waals surface area contributed by atoms with Gasteiger partial charge in [0.25, 0.3) is 0 Å². The zero-order chi connectivity index (χ0) is 20.2. The average molecular weight is 397 g/mol. The van der Waals surface area contributed by atoms with Crippen molar-refractivity contribution in [1.29, 1.82) is 0 Å². The van der Waals surface area contributed by atoms with Crippen LogP contribution < -0.4 is 10.2 Å². The normalized spacial score (nSPS) is 19.7. The number of fused-ring (bicyclic) bond motifs is 1. The summed E-state index contributed by atoms with van der Waals surface area (Å²) in [7, 11) is 0. The van der Waals surface area contributed by atoms with Gasteiger partial charge >= 0.3 is 12.1 Å². The van der Waals surface area contributed by atoms with Gasteiger partial charge in [-0.15, -0.1) is 11.6 Å². The van der Waals surface area contributed by atoms with Crippen molar-refractivity contribution in [2.45, 2.75) is 51.1 Å². The number of rotatable bonds is 4. The molecule has 0 bridgehead atoms. The summed E-state index contributed by atoms with van der Waals surface area (Å²) in [5.41, 5.74) is 0.542. The fraction of sp³-hybridized carbons (Fsp3) is 0.526. The van der Waals surface area contributed by atoms with Gasteiger partial charge in [-0.1, -0.05) is 18.2 Å². The number of esters is 1. The van der Waals surface area contributed by atoms with Gasteiger partial charge in [-0.3, -0.25) is 14.5 Å². The highest BCUT2D eigenvalue weighted by atomic mass is 35.5. The summed E-state index contributed by atoms with van der Waals surface area (Å²) in [5.74, 6) is -0.978. The van der Waals surface area contributed by atoms with E-state index >= 15 is 0 Å². The first-order chi connectivity index (χ1) is 12.6. The number of alkyl halides is 1. The molecule has 2 atom stereocenters. The van der Waals surface area contributed by atoms with Gasteiger partial charge in [-0.2, -0.15) is 0 Å². The maximum absolute atomic E-state index is 13.1. The van der Waals surface area contributed by atoms with Crippen molar-refractivity contribution >= 4 is 35.3 Å². The van der Waals surface area contributed by atoms with E-state index in [4.69, 9.17) is 21.1 Å². The Labute approximate surface area is 163 Å². The summed E-state index contributed by atoms with van der Waals surface area (Å²) in [6.45, 7) is 6.83. The molecule has 1 aromatic rings. The minimum atomic E-state index is -0.927. The van der Waals surface area contributed by atoms with Gasteiger partial charge in [0.15, 0.2) is 0 Å². The Kier molecular flexibility index (Phi) is 6.70. The Bertz CT molecular complexity index is 716. The molecular weight excluding hydrogens is 372 g/mol. The molecule has 8 heteroatoms. The van der Waals surface area contributed by atoms with E-state index in [9.17, 15) is 14.4 Å². The summed E-state index contributed by atoms with van der Waals surface area (Å²) < 4.78 is 10.2. The van der Waals surface area contributed by atoms with Gasteiger partial charge < -0.3 is 14.8 Å². The smallest absolute Gasteiger partial charge is 0.408 e. The van der Waals surface area contributed by atoms with Crippen molar-refractivity contribution in [2.24, 2.45) is 0 Å². The maximum atomic E-state index is 13.1. The van der Waals surface area contributed by atoms with Crippen molar-refractivity contribution in [3.8, 4) is 0 Å². The number of nitrogens with zero attached hydrogens (tertiary/aromatic N) is 1. The van der Waals surface area contributed by atoms with Gasteiger partial charge in [0.1, 0.15) is 18.2 Å². The molecular formula is C19H25ClN2O5. The van der Waals surface area contributed by atoms with Crippen molar-refractivity contribution in [3.63, 3.8) is 0 Å². The minimum absolute atomic E-state index is 0.177. The predicted molar refractivity (Wildman–Crippen MR) is 102 cm³/mol. The Balaban J connectivity index is 2.31. The summed E-state index contributed by atoms with van der Waals surface area (Å²) in [5, 5.41) is 2.06. The summed E-state index contributed by atoms with van der Waals surface area (Å²) >= 11 is 6.50. The van der Waals surface area contributed by atoms with Gasteiger partial charge in [-0.25, -0.2) is 4.79 Å². The SMILES string of the molecule is CCOC(=O)CN1C(=O)C(NC(=O)OC(C)(C)C)CC(Cl)c2ccccc21. The van der Waals surface area contributed by atoms with Crippen LogP contribution in [0.3, 0.4) is 0 Å². The van der Waals surface area contributed by atoms with Gasteiger partial charge in [0.2, 0.25) is 5.91 Å². The highest BCUT2D eigenvalue weighted by Crippen LogP contribution is 2.37. The number of anilines is 1. The van der Waals surface area contributed by atoms with Crippen LogP contribution in [0.1, 0.15) is 45.1 Å². The molecule has 0 fully saturated rings. The third-order valence-electron chi connectivity index (χ3n) is 3.86. The molecule has 1 aliphatic heterocycles. The van der Waals surface area contributed by atoms with E-state index in [1.165, 1.54) is 4.90 Å². The molecule has 1 heterocycles. The Morgan fingerprint density at radius 3 is 2.59 bits per heavy atom. The van der Waals surface area contributed by atoms with Crippen LogP contribution in [0.15, 0.2) is 24.3 Å². The fourth-order valence-corrected chi connectivity index (χ4v) is 3.17. The first kappa shape index (κ1) is 21.0. The zero-order valence-electron chi connectivity index (χ0n) is 16.0. The van der Waals surface area contributed by atoms with Gasteiger partial charge in [0.05, 0.1) is 12.0 Å². The van der Waals surface area contributed by atoms with Crippen LogP contribution in [0.2, 0.25) is 0 Å². The van der Waals surface area contributed by atoms with Crippen LogP contribution in [-0.4, -0.2) is 42.8 Å². The molecule has 0 saturated heterocycles. The van der Waals surface area contributed by atoms with E-state index < -0.39 is 35.0 Å². The molecule has 0 aromatic heterocycles. The van der Waals surface area contributed by atoms with E-state index in [0.29, 0.717) is 11.3 Å². The molecule has 2 amide bonds. The van der Waals surface area contributed by atoms with Crippen molar-refractivity contribution < 1.29 is 23.9 Å². The number of carbonyl (C=O) groups excluding carboxylic acids is 3. The Morgan fingerprint density at radius 2 is 1.96 bits per heavy atom. The first-order valence-electron chi connectivity index (χ1n) is 8.82. The molecule has 1 aromatic carbocycles. The molecule has 7 nitrogen and oxygen atoms in total. The number of ether oxygens (including phenoxy) is 2. The number of alkyl carbamates (subject to hydrolysis) is 1. The molecule has 0 aliphatic carbocycles. The molecule has 0 spiro atoms. The number of hydrogen-bond donors (Lipinski definition) is 1. The van der Waals surface area contributed by atoms with Crippen LogP contribution in [0.5, 0.6) is 0 Å². The van der Waals surface area contributed by atoms with Crippen molar-refractivity contribution in [2.75, 3.05) is 18.1 Å². The quantitative estimate of drug-likeness (QED) is 0.624. The third kappa shape index (κ3) is 5.60. The average Bonchev–Trinajstić information content (AvgIpc) is 2.65. The van der Waals surface area contributed by atoms with E-state index in [-0.39, 0.29) is 19.6 Å². The van der Waals surface area contributed by atoms with E-state index in [1.807, 2.05) is 6.07 Å². The van der Waals surface area contributed by atoms with Crippen LogP contribution in [0.25, 0.3) is 0 Å².